The highest BCUT2D eigenvalue weighted by atomic mass is 16.5. The highest BCUT2D eigenvalue weighted by Gasteiger charge is 2.10. The second-order valence-corrected chi connectivity index (χ2v) is 6.48. The van der Waals surface area contributed by atoms with Gasteiger partial charge in [-0.05, 0) is 36.3 Å². The molecule has 0 spiro atoms. The first kappa shape index (κ1) is 22.7. The van der Waals surface area contributed by atoms with Gasteiger partial charge in [-0.15, -0.1) is 0 Å². The van der Waals surface area contributed by atoms with E-state index in [-0.39, 0.29) is 24.1 Å². The van der Waals surface area contributed by atoms with E-state index in [0.717, 1.165) is 5.56 Å². The van der Waals surface area contributed by atoms with E-state index in [1.54, 1.807) is 24.3 Å². The molecule has 0 radical (unpaired) electrons. The summed E-state index contributed by atoms with van der Waals surface area (Å²) in [6.07, 6.45) is 1.49. The predicted molar refractivity (Wildman–Crippen MR) is 113 cm³/mol. The van der Waals surface area contributed by atoms with Crippen LogP contribution in [-0.2, 0) is 14.3 Å². The lowest BCUT2D eigenvalue weighted by atomic mass is 10.1. The number of carbonyl (C=O) groups is 2. The standard InChI is InChI=1S/C23H25N3O4/c1-17(19-6-4-3-5-7-19)26-22(27)16-30-21-10-8-18(9-11-21)14-20(15-24)23(28)25-12-13-29-2/h3-11,14,17H,12-13,16H2,1-2H3,(H,25,28)(H,26,27)/b20-14+/t17-/m0/s1. The van der Waals surface area contributed by atoms with Crippen LogP contribution in [0.15, 0.2) is 60.2 Å². The molecule has 2 amide bonds. The Labute approximate surface area is 176 Å². The van der Waals surface area contributed by atoms with E-state index in [4.69, 9.17) is 9.47 Å². The molecule has 0 bridgehead atoms. The van der Waals surface area contributed by atoms with Gasteiger partial charge in [0.1, 0.15) is 17.4 Å². The minimum Gasteiger partial charge on any atom is -0.484 e. The number of rotatable bonds is 10. The number of nitrogens with one attached hydrogen (secondary N) is 2. The van der Waals surface area contributed by atoms with E-state index in [1.165, 1.54) is 13.2 Å². The summed E-state index contributed by atoms with van der Waals surface area (Å²) in [5.74, 6) is -0.174. The van der Waals surface area contributed by atoms with Crippen LogP contribution in [0.4, 0.5) is 0 Å². The van der Waals surface area contributed by atoms with Gasteiger partial charge in [-0.25, -0.2) is 0 Å². The molecule has 0 saturated heterocycles. The van der Waals surface area contributed by atoms with Crippen molar-refractivity contribution < 1.29 is 19.1 Å². The smallest absolute Gasteiger partial charge is 0.262 e. The first-order valence-corrected chi connectivity index (χ1v) is 9.49. The average Bonchev–Trinajstić information content (AvgIpc) is 2.77. The van der Waals surface area contributed by atoms with E-state index in [1.807, 2.05) is 43.3 Å². The molecule has 7 heteroatoms. The molecule has 2 aromatic carbocycles. The first-order valence-electron chi connectivity index (χ1n) is 9.49. The zero-order chi connectivity index (χ0) is 21.8. The molecular formula is C23H25N3O4. The van der Waals surface area contributed by atoms with Crippen LogP contribution in [0.3, 0.4) is 0 Å². The molecule has 2 aromatic rings. The largest absolute Gasteiger partial charge is 0.484 e. The lowest BCUT2D eigenvalue weighted by Crippen LogP contribution is -2.31. The van der Waals surface area contributed by atoms with Crippen LogP contribution in [0.1, 0.15) is 24.1 Å². The maximum Gasteiger partial charge on any atom is 0.262 e. The Bertz CT molecular complexity index is 902. The van der Waals surface area contributed by atoms with Gasteiger partial charge in [-0.1, -0.05) is 42.5 Å². The van der Waals surface area contributed by atoms with Crippen LogP contribution in [0, 0.1) is 11.3 Å². The molecule has 0 aliphatic carbocycles. The van der Waals surface area contributed by atoms with Crippen molar-refractivity contribution in [3.63, 3.8) is 0 Å². The number of hydrogen-bond donors (Lipinski definition) is 2. The van der Waals surface area contributed by atoms with Crippen LogP contribution in [0.25, 0.3) is 6.08 Å². The number of ether oxygens (including phenoxy) is 2. The van der Waals surface area contributed by atoms with Crippen molar-refractivity contribution in [3.8, 4) is 11.8 Å². The van der Waals surface area contributed by atoms with E-state index in [9.17, 15) is 14.9 Å². The Balaban J connectivity index is 1.87. The Morgan fingerprint density at radius 3 is 2.47 bits per heavy atom. The third-order valence-corrected chi connectivity index (χ3v) is 4.19. The molecule has 1 atom stereocenters. The van der Waals surface area contributed by atoms with Gasteiger partial charge in [-0.3, -0.25) is 9.59 Å². The highest BCUT2D eigenvalue weighted by molar-refractivity contribution is 6.01. The summed E-state index contributed by atoms with van der Waals surface area (Å²) < 4.78 is 10.4. The maximum atomic E-state index is 12.1. The van der Waals surface area contributed by atoms with Crippen LogP contribution in [-0.4, -0.2) is 38.7 Å². The van der Waals surface area contributed by atoms with Crippen molar-refractivity contribution in [3.05, 3.63) is 71.3 Å². The average molecular weight is 407 g/mol. The summed E-state index contributed by atoms with van der Waals surface area (Å²) >= 11 is 0. The van der Waals surface area contributed by atoms with Gasteiger partial charge in [0.25, 0.3) is 11.8 Å². The second-order valence-electron chi connectivity index (χ2n) is 6.48. The van der Waals surface area contributed by atoms with Gasteiger partial charge in [0.2, 0.25) is 0 Å². The zero-order valence-corrected chi connectivity index (χ0v) is 17.1. The van der Waals surface area contributed by atoms with Crippen LogP contribution in [0.5, 0.6) is 5.75 Å². The van der Waals surface area contributed by atoms with Crippen LogP contribution in [0.2, 0.25) is 0 Å². The third-order valence-electron chi connectivity index (χ3n) is 4.19. The Morgan fingerprint density at radius 2 is 1.83 bits per heavy atom. The van der Waals surface area contributed by atoms with E-state index in [2.05, 4.69) is 10.6 Å². The van der Waals surface area contributed by atoms with E-state index < -0.39 is 5.91 Å². The number of nitrogens with zero attached hydrogens (tertiary/aromatic N) is 1. The molecule has 2 rings (SSSR count). The molecule has 0 aliphatic rings. The molecule has 2 N–H and O–H groups in total. The summed E-state index contributed by atoms with van der Waals surface area (Å²) in [5.41, 5.74) is 1.68. The monoisotopic (exact) mass is 407 g/mol. The minimum atomic E-state index is -0.459. The molecular weight excluding hydrogens is 382 g/mol. The van der Waals surface area contributed by atoms with Crippen molar-refractivity contribution in [2.45, 2.75) is 13.0 Å². The van der Waals surface area contributed by atoms with Crippen molar-refractivity contribution in [1.29, 1.82) is 5.26 Å². The lowest BCUT2D eigenvalue weighted by molar-refractivity contribution is -0.123. The fourth-order valence-corrected chi connectivity index (χ4v) is 2.59. The molecule has 0 unspecified atom stereocenters. The van der Waals surface area contributed by atoms with E-state index >= 15 is 0 Å². The molecule has 0 heterocycles. The minimum absolute atomic E-state index is 0.00551. The van der Waals surface area contributed by atoms with E-state index in [0.29, 0.717) is 24.5 Å². The SMILES string of the molecule is COCCNC(=O)/C(C#N)=C/c1ccc(OCC(=O)N[C@@H](C)c2ccccc2)cc1. The van der Waals surface area contributed by atoms with Gasteiger partial charge in [0.05, 0.1) is 12.6 Å². The molecule has 0 aromatic heterocycles. The number of nitriles is 1. The molecule has 0 fully saturated rings. The van der Waals surface area contributed by atoms with Crippen molar-refractivity contribution >= 4 is 17.9 Å². The summed E-state index contributed by atoms with van der Waals surface area (Å²) in [4.78, 5) is 24.1. The summed E-state index contributed by atoms with van der Waals surface area (Å²) in [7, 11) is 1.53. The number of carbonyl (C=O) groups excluding carboxylic acids is 2. The van der Waals surface area contributed by atoms with Gasteiger partial charge < -0.3 is 20.1 Å². The Hall–Kier alpha value is -3.63. The lowest BCUT2D eigenvalue weighted by Gasteiger charge is -2.14. The zero-order valence-electron chi connectivity index (χ0n) is 17.1. The fourth-order valence-electron chi connectivity index (χ4n) is 2.59. The Morgan fingerprint density at radius 1 is 1.13 bits per heavy atom. The van der Waals surface area contributed by atoms with Crippen LogP contribution < -0.4 is 15.4 Å². The maximum absolute atomic E-state index is 12.1. The summed E-state index contributed by atoms with van der Waals surface area (Å²) in [6.45, 7) is 2.49. The highest BCUT2D eigenvalue weighted by Crippen LogP contribution is 2.15. The molecule has 30 heavy (non-hydrogen) atoms. The molecule has 7 nitrogen and oxygen atoms in total. The fraction of sp³-hybridized carbons (Fsp3) is 0.261. The summed E-state index contributed by atoms with van der Waals surface area (Å²) in [6, 6.07) is 18.2. The first-order chi connectivity index (χ1) is 14.5. The predicted octanol–water partition coefficient (Wildman–Crippen LogP) is 2.61. The van der Waals surface area contributed by atoms with Crippen molar-refractivity contribution in [1.82, 2.24) is 10.6 Å². The quantitative estimate of drug-likeness (QED) is 0.358. The topological polar surface area (TPSA) is 100 Å². The molecule has 156 valence electrons. The Kier molecular flexibility index (Phi) is 9.10. The summed E-state index contributed by atoms with van der Waals surface area (Å²) in [5, 5.41) is 14.7. The van der Waals surface area contributed by atoms with Gasteiger partial charge in [0.15, 0.2) is 6.61 Å². The molecule has 0 aliphatic heterocycles. The number of methoxy groups -OCH3 is 1. The normalized spacial score (nSPS) is 11.8. The van der Waals surface area contributed by atoms with Gasteiger partial charge in [-0.2, -0.15) is 5.26 Å². The van der Waals surface area contributed by atoms with Gasteiger partial charge >= 0.3 is 0 Å². The number of hydrogen-bond acceptors (Lipinski definition) is 5. The van der Waals surface area contributed by atoms with Crippen molar-refractivity contribution in [2.24, 2.45) is 0 Å². The number of amides is 2. The molecule has 0 saturated carbocycles. The third kappa shape index (κ3) is 7.41. The van der Waals surface area contributed by atoms with Gasteiger partial charge in [0, 0.05) is 13.7 Å². The van der Waals surface area contributed by atoms with Crippen molar-refractivity contribution in [2.75, 3.05) is 26.9 Å². The second kappa shape index (κ2) is 12.0. The number of benzene rings is 2. The van der Waals surface area contributed by atoms with Crippen LogP contribution >= 0.6 is 0 Å².